The Balaban J connectivity index is 2.48. The van der Waals surface area contributed by atoms with Crippen molar-refractivity contribution in [3.63, 3.8) is 0 Å². The lowest BCUT2D eigenvalue weighted by atomic mass is 9.99. The third kappa shape index (κ3) is 3.20. The minimum Gasteiger partial charge on any atom is -0.496 e. The molecule has 22 heavy (non-hydrogen) atoms. The van der Waals surface area contributed by atoms with E-state index in [2.05, 4.69) is 23.8 Å². The Labute approximate surface area is 129 Å². The van der Waals surface area contributed by atoms with Crippen LogP contribution in [0.4, 0.5) is 11.8 Å². The van der Waals surface area contributed by atoms with E-state index in [9.17, 15) is 0 Å². The van der Waals surface area contributed by atoms with Gasteiger partial charge >= 0.3 is 0 Å². The van der Waals surface area contributed by atoms with Crippen molar-refractivity contribution in [3.05, 3.63) is 29.5 Å². The van der Waals surface area contributed by atoms with Crippen molar-refractivity contribution < 1.29 is 9.47 Å². The average molecular weight is 303 g/mol. The summed E-state index contributed by atoms with van der Waals surface area (Å²) in [5.41, 5.74) is 18.9. The summed E-state index contributed by atoms with van der Waals surface area (Å²) in [4.78, 5) is 7.79. The van der Waals surface area contributed by atoms with E-state index in [4.69, 9.17) is 26.7 Å². The summed E-state index contributed by atoms with van der Waals surface area (Å²) in [7, 11) is 1.62. The van der Waals surface area contributed by atoms with Gasteiger partial charge in [0.05, 0.1) is 13.3 Å². The number of hydrogen-bond acceptors (Lipinski definition) is 7. The molecule has 0 aliphatic rings. The standard InChI is InChI=1S/C15H21N5O2/c1-8(2)10-5-11(21-3)9(6-16)4-12(10)22-13-7-19-15(18)20-14(13)17/h4-5,7-8H,6,16H2,1-3H3,(H4,17,18,19,20). The topological polar surface area (TPSA) is 122 Å². The lowest BCUT2D eigenvalue weighted by Gasteiger charge is -2.18. The number of anilines is 2. The first-order valence-electron chi connectivity index (χ1n) is 6.93. The van der Waals surface area contributed by atoms with Crippen molar-refractivity contribution in [1.82, 2.24) is 9.97 Å². The van der Waals surface area contributed by atoms with Gasteiger partial charge in [-0.15, -0.1) is 0 Å². The van der Waals surface area contributed by atoms with E-state index >= 15 is 0 Å². The fourth-order valence-corrected chi connectivity index (χ4v) is 2.10. The SMILES string of the molecule is COc1cc(C(C)C)c(Oc2cnc(N)nc2N)cc1CN. The third-order valence-corrected chi connectivity index (χ3v) is 3.28. The second kappa shape index (κ2) is 6.48. The normalized spacial score (nSPS) is 10.8. The molecule has 0 radical (unpaired) electrons. The fourth-order valence-electron chi connectivity index (χ4n) is 2.10. The number of aromatic nitrogens is 2. The largest absolute Gasteiger partial charge is 0.496 e. The van der Waals surface area contributed by atoms with Crippen LogP contribution in [0.15, 0.2) is 18.3 Å². The van der Waals surface area contributed by atoms with Gasteiger partial charge in [-0.05, 0) is 18.1 Å². The Kier molecular flexibility index (Phi) is 4.67. The summed E-state index contributed by atoms with van der Waals surface area (Å²) >= 11 is 0. The molecule has 118 valence electrons. The van der Waals surface area contributed by atoms with Gasteiger partial charge < -0.3 is 26.7 Å². The number of rotatable bonds is 5. The minimum absolute atomic E-state index is 0.103. The first-order valence-corrected chi connectivity index (χ1v) is 6.93. The monoisotopic (exact) mass is 303 g/mol. The molecule has 7 nitrogen and oxygen atoms in total. The van der Waals surface area contributed by atoms with Crippen molar-refractivity contribution in [3.8, 4) is 17.2 Å². The quantitative estimate of drug-likeness (QED) is 0.772. The van der Waals surface area contributed by atoms with E-state index in [1.165, 1.54) is 6.20 Å². The number of nitrogens with two attached hydrogens (primary N) is 3. The Morgan fingerprint density at radius 3 is 2.41 bits per heavy atom. The van der Waals surface area contributed by atoms with Crippen LogP contribution in [-0.4, -0.2) is 17.1 Å². The molecule has 0 aliphatic heterocycles. The van der Waals surface area contributed by atoms with E-state index < -0.39 is 0 Å². The molecule has 1 aromatic heterocycles. The van der Waals surface area contributed by atoms with E-state index in [1.54, 1.807) is 7.11 Å². The first-order chi connectivity index (χ1) is 10.5. The molecular weight excluding hydrogens is 282 g/mol. The molecule has 0 saturated carbocycles. The molecule has 2 aromatic rings. The van der Waals surface area contributed by atoms with Gasteiger partial charge in [0, 0.05) is 17.7 Å². The summed E-state index contributed by atoms with van der Waals surface area (Å²) in [6.45, 7) is 4.46. The number of ether oxygens (including phenoxy) is 2. The summed E-state index contributed by atoms with van der Waals surface area (Å²) in [5, 5.41) is 0. The van der Waals surface area contributed by atoms with Crippen molar-refractivity contribution in [2.45, 2.75) is 26.3 Å². The zero-order valence-electron chi connectivity index (χ0n) is 13.0. The number of hydrogen-bond donors (Lipinski definition) is 3. The second-order valence-electron chi connectivity index (χ2n) is 5.14. The maximum absolute atomic E-state index is 5.88. The molecule has 0 spiro atoms. The second-order valence-corrected chi connectivity index (χ2v) is 5.14. The predicted molar refractivity (Wildman–Crippen MR) is 85.9 cm³/mol. The lowest BCUT2D eigenvalue weighted by molar-refractivity contribution is 0.405. The van der Waals surface area contributed by atoms with Gasteiger partial charge in [0.1, 0.15) is 11.5 Å². The predicted octanol–water partition coefficient (Wildman–Crippen LogP) is 2.02. The van der Waals surface area contributed by atoms with Crippen LogP contribution in [0, 0.1) is 0 Å². The Morgan fingerprint density at radius 2 is 1.86 bits per heavy atom. The smallest absolute Gasteiger partial charge is 0.222 e. The average Bonchev–Trinajstić information content (AvgIpc) is 2.49. The van der Waals surface area contributed by atoms with Crippen LogP contribution in [-0.2, 0) is 6.54 Å². The number of nitrogens with zero attached hydrogens (tertiary/aromatic N) is 2. The zero-order valence-corrected chi connectivity index (χ0v) is 13.0. The highest BCUT2D eigenvalue weighted by atomic mass is 16.5. The highest BCUT2D eigenvalue weighted by Crippen LogP contribution is 2.37. The molecule has 1 heterocycles. The fraction of sp³-hybridized carbons (Fsp3) is 0.333. The summed E-state index contributed by atoms with van der Waals surface area (Å²) in [6, 6.07) is 3.78. The van der Waals surface area contributed by atoms with Crippen molar-refractivity contribution >= 4 is 11.8 Å². The molecule has 6 N–H and O–H groups in total. The van der Waals surface area contributed by atoms with Gasteiger partial charge in [0.25, 0.3) is 0 Å². The molecular formula is C15H21N5O2. The summed E-state index contributed by atoms with van der Waals surface area (Å²) < 4.78 is 11.3. The molecule has 0 amide bonds. The Morgan fingerprint density at radius 1 is 1.14 bits per heavy atom. The van der Waals surface area contributed by atoms with Crippen molar-refractivity contribution in [2.24, 2.45) is 5.73 Å². The molecule has 0 saturated heterocycles. The van der Waals surface area contributed by atoms with Gasteiger partial charge in [-0.25, -0.2) is 4.98 Å². The van der Waals surface area contributed by atoms with Crippen LogP contribution in [0.3, 0.4) is 0 Å². The van der Waals surface area contributed by atoms with Gasteiger partial charge in [0.15, 0.2) is 11.6 Å². The van der Waals surface area contributed by atoms with E-state index in [0.29, 0.717) is 18.0 Å². The van der Waals surface area contributed by atoms with Crippen LogP contribution < -0.4 is 26.7 Å². The molecule has 0 bridgehead atoms. The van der Waals surface area contributed by atoms with Crippen molar-refractivity contribution in [1.29, 1.82) is 0 Å². The van der Waals surface area contributed by atoms with Gasteiger partial charge in [-0.2, -0.15) is 4.98 Å². The molecule has 0 fully saturated rings. The molecule has 0 atom stereocenters. The molecule has 0 unspecified atom stereocenters. The Bertz CT molecular complexity index is 673. The minimum atomic E-state index is 0.103. The van der Waals surface area contributed by atoms with Crippen molar-refractivity contribution in [2.75, 3.05) is 18.6 Å². The highest BCUT2D eigenvalue weighted by molar-refractivity contribution is 5.53. The van der Waals surface area contributed by atoms with Crippen LogP contribution in [0.2, 0.25) is 0 Å². The number of benzene rings is 1. The summed E-state index contributed by atoms with van der Waals surface area (Å²) in [6.07, 6.45) is 1.45. The van der Waals surface area contributed by atoms with E-state index in [-0.39, 0.29) is 17.7 Å². The zero-order chi connectivity index (χ0) is 16.3. The highest BCUT2D eigenvalue weighted by Gasteiger charge is 2.16. The van der Waals surface area contributed by atoms with E-state index in [0.717, 1.165) is 16.9 Å². The van der Waals surface area contributed by atoms with Crippen LogP contribution in [0.1, 0.15) is 30.9 Å². The van der Waals surface area contributed by atoms with Crippen LogP contribution in [0.25, 0.3) is 0 Å². The van der Waals surface area contributed by atoms with Crippen LogP contribution in [0.5, 0.6) is 17.2 Å². The molecule has 0 aliphatic carbocycles. The molecule has 1 aromatic carbocycles. The van der Waals surface area contributed by atoms with Crippen LogP contribution >= 0.6 is 0 Å². The molecule has 2 rings (SSSR count). The summed E-state index contributed by atoms with van der Waals surface area (Å²) in [5.74, 6) is 2.26. The maximum atomic E-state index is 5.88. The lowest BCUT2D eigenvalue weighted by Crippen LogP contribution is -2.05. The van der Waals surface area contributed by atoms with Gasteiger partial charge in [-0.3, -0.25) is 0 Å². The third-order valence-electron chi connectivity index (χ3n) is 3.28. The maximum Gasteiger partial charge on any atom is 0.222 e. The Hall–Kier alpha value is -2.54. The van der Waals surface area contributed by atoms with E-state index in [1.807, 2.05) is 12.1 Å². The van der Waals surface area contributed by atoms with Gasteiger partial charge in [-0.1, -0.05) is 13.8 Å². The molecule has 7 heteroatoms. The number of methoxy groups -OCH3 is 1. The first kappa shape index (κ1) is 15.8. The number of nitrogen functional groups attached to an aromatic ring is 2. The van der Waals surface area contributed by atoms with Gasteiger partial charge in [0.2, 0.25) is 5.95 Å².